The second kappa shape index (κ2) is 4.65. The van der Waals surface area contributed by atoms with E-state index in [1.54, 1.807) is 0 Å². The molecule has 0 atom stereocenters. The molecule has 0 aliphatic rings. The number of nitrogens with one attached hydrogen (secondary N) is 2. The summed E-state index contributed by atoms with van der Waals surface area (Å²) in [6, 6.07) is 7.76. The second-order valence-corrected chi connectivity index (χ2v) is 5.89. The van der Waals surface area contributed by atoms with Crippen LogP contribution in [0.25, 0.3) is 11.3 Å². The topological polar surface area (TPSA) is 40.7 Å². The third kappa shape index (κ3) is 2.85. The van der Waals surface area contributed by atoms with Crippen molar-refractivity contribution in [3.8, 4) is 11.3 Å². The molecule has 1 heterocycles. The zero-order chi connectivity index (χ0) is 13.3. The van der Waals surface area contributed by atoms with E-state index in [-0.39, 0.29) is 5.54 Å². The largest absolute Gasteiger partial charge is 0.364 e. The fourth-order valence-electron chi connectivity index (χ4n) is 1.80. The number of aromatic nitrogens is 2. The summed E-state index contributed by atoms with van der Waals surface area (Å²) in [5, 5.41) is 11.5. The van der Waals surface area contributed by atoms with Crippen LogP contribution in [0.2, 0.25) is 5.02 Å². The predicted molar refractivity (Wildman–Crippen MR) is 77.1 cm³/mol. The Hall–Kier alpha value is -1.48. The van der Waals surface area contributed by atoms with Crippen molar-refractivity contribution in [2.75, 3.05) is 5.32 Å². The number of rotatable bonds is 2. The van der Waals surface area contributed by atoms with E-state index in [9.17, 15) is 0 Å². The molecule has 3 nitrogen and oxygen atoms in total. The van der Waals surface area contributed by atoms with Crippen LogP contribution >= 0.6 is 11.6 Å². The van der Waals surface area contributed by atoms with E-state index in [0.29, 0.717) is 0 Å². The maximum Gasteiger partial charge on any atom is 0.151 e. The van der Waals surface area contributed by atoms with Gasteiger partial charge in [0.1, 0.15) is 0 Å². The van der Waals surface area contributed by atoms with Crippen molar-refractivity contribution in [3.05, 3.63) is 34.9 Å². The Balaban J connectivity index is 2.37. The number of benzene rings is 1. The first-order valence-electron chi connectivity index (χ1n) is 5.96. The molecule has 0 aliphatic heterocycles. The van der Waals surface area contributed by atoms with Crippen LogP contribution in [0, 0.1) is 6.92 Å². The quantitative estimate of drug-likeness (QED) is 0.850. The highest BCUT2D eigenvalue weighted by Crippen LogP contribution is 2.28. The zero-order valence-corrected chi connectivity index (χ0v) is 11.9. The summed E-state index contributed by atoms with van der Waals surface area (Å²) in [7, 11) is 0. The predicted octanol–water partition coefficient (Wildman–Crippen LogP) is 4.25. The van der Waals surface area contributed by atoms with Gasteiger partial charge >= 0.3 is 0 Å². The molecule has 0 saturated carbocycles. The number of anilines is 1. The van der Waals surface area contributed by atoms with Gasteiger partial charge < -0.3 is 5.32 Å². The Morgan fingerprint density at radius 1 is 1.28 bits per heavy atom. The average Bonchev–Trinajstić information content (AvgIpc) is 2.58. The van der Waals surface area contributed by atoms with Crippen molar-refractivity contribution >= 4 is 17.4 Å². The van der Waals surface area contributed by atoms with E-state index in [2.05, 4.69) is 36.3 Å². The molecule has 2 N–H and O–H groups in total. The molecule has 0 radical (unpaired) electrons. The molecule has 0 bridgehead atoms. The third-order valence-corrected chi connectivity index (χ3v) is 2.85. The maximum absolute atomic E-state index is 6.01. The minimum Gasteiger partial charge on any atom is -0.364 e. The number of nitrogens with zero attached hydrogens (tertiary/aromatic N) is 1. The van der Waals surface area contributed by atoms with Gasteiger partial charge in [-0.15, -0.1) is 0 Å². The number of H-pyrrole nitrogens is 1. The lowest BCUT2D eigenvalue weighted by molar-refractivity contribution is 0.629. The lowest BCUT2D eigenvalue weighted by atomic mass is 10.1. The molecule has 18 heavy (non-hydrogen) atoms. The maximum atomic E-state index is 6.01. The highest BCUT2D eigenvalue weighted by Gasteiger charge is 2.16. The number of hydrogen-bond donors (Lipinski definition) is 2. The van der Waals surface area contributed by atoms with Crippen LogP contribution in [0.4, 0.5) is 5.82 Å². The van der Waals surface area contributed by atoms with Gasteiger partial charge in [-0.25, -0.2) is 0 Å². The molecule has 2 rings (SSSR count). The Morgan fingerprint density at radius 3 is 2.61 bits per heavy atom. The molecule has 0 aliphatic carbocycles. The van der Waals surface area contributed by atoms with Crippen LogP contribution in [-0.2, 0) is 0 Å². The minimum absolute atomic E-state index is 0.00838. The van der Waals surface area contributed by atoms with Crippen molar-refractivity contribution < 1.29 is 0 Å². The molecule has 0 unspecified atom stereocenters. The van der Waals surface area contributed by atoms with Gasteiger partial charge in [0.05, 0.1) is 5.69 Å². The molecule has 0 spiro atoms. The van der Waals surface area contributed by atoms with Crippen molar-refractivity contribution in [1.82, 2.24) is 10.2 Å². The van der Waals surface area contributed by atoms with Crippen molar-refractivity contribution in [3.63, 3.8) is 0 Å². The van der Waals surface area contributed by atoms with Crippen LogP contribution in [0.1, 0.15) is 26.3 Å². The summed E-state index contributed by atoms with van der Waals surface area (Å²) in [5.74, 6) is 0.887. The first-order chi connectivity index (χ1) is 8.37. The summed E-state index contributed by atoms with van der Waals surface area (Å²) in [4.78, 5) is 0. The van der Waals surface area contributed by atoms with E-state index >= 15 is 0 Å². The van der Waals surface area contributed by atoms with Crippen LogP contribution in [-0.4, -0.2) is 15.7 Å². The van der Waals surface area contributed by atoms with Crippen molar-refractivity contribution in [2.24, 2.45) is 0 Å². The summed E-state index contributed by atoms with van der Waals surface area (Å²) in [6.07, 6.45) is 0. The fraction of sp³-hybridized carbons (Fsp3) is 0.357. The highest BCUT2D eigenvalue weighted by atomic mass is 35.5. The highest BCUT2D eigenvalue weighted by molar-refractivity contribution is 6.30. The molecule has 0 amide bonds. The second-order valence-electron chi connectivity index (χ2n) is 5.46. The van der Waals surface area contributed by atoms with Crippen molar-refractivity contribution in [1.29, 1.82) is 0 Å². The Morgan fingerprint density at radius 2 is 2.00 bits per heavy atom. The smallest absolute Gasteiger partial charge is 0.151 e. The average molecular weight is 264 g/mol. The Kier molecular flexibility index (Phi) is 3.35. The van der Waals surface area contributed by atoms with E-state index < -0.39 is 0 Å². The molecule has 1 aromatic heterocycles. The zero-order valence-electron chi connectivity index (χ0n) is 11.1. The first kappa shape index (κ1) is 13.0. The molecular weight excluding hydrogens is 246 g/mol. The molecule has 4 heteroatoms. The van der Waals surface area contributed by atoms with Crippen LogP contribution in [0.3, 0.4) is 0 Å². The van der Waals surface area contributed by atoms with E-state index in [1.807, 2.05) is 31.2 Å². The molecule has 1 aromatic carbocycles. The molecule has 96 valence electrons. The van der Waals surface area contributed by atoms with E-state index in [4.69, 9.17) is 11.6 Å². The standard InChI is InChI=1S/C14H18ClN3/c1-9-12(10-6-5-7-11(15)8-10)17-18-13(9)16-14(2,3)4/h5-8H,1-4H3,(H2,16,17,18). The third-order valence-electron chi connectivity index (χ3n) is 2.62. The van der Waals surface area contributed by atoms with E-state index in [1.165, 1.54) is 0 Å². The lowest BCUT2D eigenvalue weighted by Crippen LogP contribution is -2.26. The first-order valence-corrected chi connectivity index (χ1v) is 6.34. The van der Waals surface area contributed by atoms with Gasteiger partial charge in [0.15, 0.2) is 5.82 Å². The normalized spacial score (nSPS) is 11.6. The fourth-order valence-corrected chi connectivity index (χ4v) is 1.99. The number of hydrogen-bond acceptors (Lipinski definition) is 2. The van der Waals surface area contributed by atoms with Gasteiger partial charge in [0.2, 0.25) is 0 Å². The van der Waals surface area contributed by atoms with Crippen LogP contribution < -0.4 is 5.32 Å². The number of aromatic amines is 1. The van der Waals surface area contributed by atoms with Gasteiger partial charge in [-0.1, -0.05) is 23.7 Å². The summed E-state index contributed by atoms with van der Waals surface area (Å²) in [6.45, 7) is 8.38. The Bertz CT molecular complexity index is 552. The summed E-state index contributed by atoms with van der Waals surface area (Å²) in [5.41, 5.74) is 3.15. The molecule has 0 fully saturated rings. The lowest BCUT2D eigenvalue weighted by Gasteiger charge is -2.20. The van der Waals surface area contributed by atoms with Gasteiger partial charge in [0, 0.05) is 21.7 Å². The summed E-state index contributed by atoms with van der Waals surface area (Å²) < 4.78 is 0. The summed E-state index contributed by atoms with van der Waals surface area (Å²) >= 11 is 6.01. The van der Waals surface area contributed by atoms with Gasteiger partial charge in [0.25, 0.3) is 0 Å². The van der Waals surface area contributed by atoms with Gasteiger partial charge in [-0.2, -0.15) is 5.10 Å². The number of halogens is 1. The van der Waals surface area contributed by atoms with Crippen LogP contribution in [0.5, 0.6) is 0 Å². The SMILES string of the molecule is Cc1c(NC(C)(C)C)n[nH]c1-c1cccc(Cl)c1. The van der Waals surface area contributed by atoms with Crippen molar-refractivity contribution in [2.45, 2.75) is 33.2 Å². The van der Waals surface area contributed by atoms with Gasteiger partial charge in [-0.05, 0) is 39.8 Å². The monoisotopic (exact) mass is 263 g/mol. The minimum atomic E-state index is -0.00838. The van der Waals surface area contributed by atoms with Gasteiger partial charge in [-0.3, -0.25) is 5.10 Å². The van der Waals surface area contributed by atoms with E-state index in [0.717, 1.165) is 27.7 Å². The molecule has 0 saturated heterocycles. The Labute approximate surface area is 113 Å². The molecular formula is C14H18ClN3. The van der Waals surface area contributed by atoms with Crippen LogP contribution in [0.15, 0.2) is 24.3 Å². The molecule has 2 aromatic rings.